The van der Waals surface area contributed by atoms with Gasteiger partial charge in [0.2, 0.25) is 0 Å². The highest BCUT2D eigenvalue weighted by atomic mass is 16.5. The number of aromatic nitrogens is 1. The molecule has 0 aliphatic carbocycles. The van der Waals surface area contributed by atoms with Crippen molar-refractivity contribution in [2.24, 2.45) is 0 Å². The van der Waals surface area contributed by atoms with Crippen LogP contribution in [0.3, 0.4) is 0 Å². The molecule has 0 spiro atoms. The Morgan fingerprint density at radius 2 is 1.77 bits per heavy atom. The number of hydrogen-bond acceptors (Lipinski definition) is 5. The van der Waals surface area contributed by atoms with E-state index < -0.39 is 24.5 Å². The van der Waals surface area contributed by atoms with E-state index in [1.165, 1.54) is 7.11 Å². The van der Waals surface area contributed by atoms with Gasteiger partial charge in [-0.3, -0.25) is 4.79 Å². The first-order chi connectivity index (χ1) is 12.3. The summed E-state index contributed by atoms with van der Waals surface area (Å²) >= 11 is 0. The molecule has 2 aromatic rings. The highest BCUT2D eigenvalue weighted by Crippen LogP contribution is 2.19. The molecule has 26 heavy (non-hydrogen) atoms. The number of rotatable bonds is 6. The van der Waals surface area contributed by atoms with E-state index in [9.17, 15) is 14.4 Å². The monoisotopic (exact) mass is 358 g/mol. The van der Waals surface area contributed by atoms with E-state index in [2.05, 4.69) is 10.3 Å². The molecule has 1 amide bonds. The van der Waals surface area contributed by atoms with Crippen LogP contribution in [0.5, 0.6) is 0 Å². The summed E-state index contributed by atoms with van der Waals surface area (Å²) in [5, 5.41) is 2.76. The highest BCUT2D eigenvalue weighted by molar-refractivity contribution is 5.99. The minimum absolute atomic E-state index is 0.131. The predicted molar refractivity (Wildman–Crippen MR) is 94.9 cm³/mol. The number of esters is 2. The third-order valence-corrected chi connectivity index (χ3v) is 4.04. The van der Waals surface area contributed by atoms with Crippen molar-refractivity contribution in [2.75, 3.05) is 13.7 Å². The lowest BCUT2D eigenvalue weighted by atomic mass is 10.1. The zero-order valence-electron chi connectivity index (χ0n) is 15.2. The van der Waals surface area contributed by atoms with Crippen LogP contribution in [0, 0.1) is 13.8 Å². The van der Waals surface area contributed by atoms with Crippen LogP contribution in [0.25, 0.3) is 0 Å². The van der Waals surface area contributed by atoms with Gasteiger partial charge in [0.25, 0.3) is 5.91 Å². The Kier molecular flexibility index (Phi) is 6.16. The molecule has 0 fully saturated rings. The fourth-order valence-electron chi connectivity index (χ4n) is 2.67. The fourth-order valence-corrected chi connectivity index (χ4v) is 2.67. The third kappa shape index (κ3) is 4.30. The first-order valence-corrected chi connectivity index (χ1v) is 8.14. The van der Waals surface area contributed by atoms with Crippen LogP contribution < -0.4 is 5.32 Å². The van der Waals surface area contributed by atoms with E-state index in [0.717, 1.165) is 5.56 Å². The number of hydrogen-bond donors (Lipinski definition) is 2. The van der Waals surface area contributed by atoms with Gasteiger partial charge in [0.15, 0.2) is 6.61 Å². The van der Waals surface area contributed by atoms with E-state index in [0.29, 0.717) is 16.8 Å². The molecule has 1 unspecified atom stereocenters. The van der Waals surface area contributed by atoms with Gasteiger partial charge in [-0.2, -0.15) is 0 Å². The lowest BCUT2D eigenvalue weighted by Crippen LogP contribution is -2.31. The maximum atomic E-state index is 12.2. The average Bonchev–Trinajstić information content (AvgIpc) is 2.94. The van der Waals surface area contributed by atoms with Crippen LogP contribution in [-0.2, 0) is 14.3 Å². The fraction of sp³-hybridized carbons (Fsp3) is 0.316. The minimum Gasteiger partial charge on any atom is -0.465 e. The lowest BCUT2D eigenvalue weighted by Gasteiger charge is -2.14. The van der Waals surface area contributed by atoms with E-state index in [-0.39, 0.29) is 11.7 Å². The molecule has 7 heteroatoms. The standard InChI is InChI=1S/C19H22N2O5/c1-11-16(18(23)25-4)13(3)21-17(11)19(24)26-10-15(22)20-12(2)14-8-6-5-7-9-14/h5-9,12,21H,10H2,1-4H3,(H,20,22). The second kappa shape index (κ2) is 8.33. The summed E-state index contributed by atoms with van der Waals surface area (Å²) in [5.74, 6) is -1.66. The van der Waals surface area contributed by atoms with Crippen molar-refractivity contribution in [3.8, 4) is 0 Å². The van der Waals surface area contributed by atoms with Crippen LogP contribution in [-0.4, -0.2) is 36.5 Å². The number of nitrogens with one attached hydrogen (secondary N) is 2. The van der Waals surface area contributed by atoms with E-state index >= 15 is 0 Å². The Balaban J connectivity index is 1.96. The number of aryl methyl sites for hydroxylation is 1. The Morgan fingerprint density at radius 1 is 1.12 bits per heavy atom. The van der Waals surface area contributed by atoms with Crippen molar-refractivity contribution < 1.29 is 23.9 Å². The second-order valence-electron chi connectivity index (χ2n) is 5.89. The first kappa shape index (κ1) is 19.2. The van der Waals surface area contributed by atoms with Crippen molar-refractivity contribution >= 4 is 17.8 Å². The Labute approximate surface area is 151 Å². The number of benzene rings is 1. The van der Waals surface area contributed by atoms with Gasteiger partial charge < -0.3 is 19.8 Å². The number of H-pyrrole nitrogens is 1. The maximum absolute atomic E-state index is 12.2. The Hall–Kier alpha value is -3.09. The molecule has 0 saturated heterocycles. The Bertz CT molecular complexity index is 811. The van der Waals surface area contributed by atoms with Gasteiger partial charge in [-0.1, -0.05) is 30.3 Å². The summed E-state index contributed by atoms with van der Waals surface area (Å²) in [5.41, 5.74) is 2.31. The summed E-state index contributed by atoms with van der Waals surface area (Å²) < 4.78 is 9.75. The van der Waals surface area contributed by atoms with Gasteiger partial charge in [0.05, 0.1) is 18.7 Å². The molecule has 1 atom stereocenters. The molecule has 138 valence electrons. The summed E-state index contributed by atoms with van der Waals surface area (Å²) in [7, 11) is 1.27. The van der Waals surface area contributed by atoms with Crippen LogP contribution in [0.1, 0.15) is 50.6 Å². The van der Waals surface area contributed by atoms with Gasteiger partial charge in [-0.15, -0.1) is 0 Å². The molecule has 2 N–H and O–H groups in total. The zero-order valence-corrected chi connectivity index (χ0v) is 15.2. The van der Waals surface area contributed by atoms with Crippen molar-refractivity contribution in [3.63, 3.8) is 0 Å². The summed E-state index contributed by atoms with van der Waals surface area (Å²) in [4.78, 5) is 38.8. The Morgan fingerprint density at radius 3 is 2.38 bits per heavy atom. The molecular weight excluding hydrogens is 336 g/mol. The van der Waals surface area contributed by atoms with Gasteiger partial charge in [0, 0.05) is 5.69 Å². The number of ether oxygens (including phenoxy) is 2. The molecule has 1 aromatic heterocycles. The van der Waals surface area contributed by atoms with Crippen molar-refractivity contribution in [1.82, 2.24) is 10.3 Å². The molecule has 7 nitrogen and oxygen atoms in total. The SMILES string of the molecule is COC(=O)c1c(C)[nH]c(C(=O)OCC(=O)NC(C)c2ccccc2)c1C. The number of carbonyl (C=O) groups is 3. The highest BCUT2D eigenvalue weighted by Gasteiger charge is 2.24. The summed E-state index contributed by atoms with van der Waals surface area (Å²) in [6, 6.07) is 9.25. The topological polar surface area (TPSA) is 97.5 Å². The smallest absolute Gasteiger partial charge is 0.355 e. The molecule has 0 aliphatic heterocycles. The molecule has 1 heterocycles. The van der Waals surface area contributed by atoms with Gasteiger partial charge in [-0.05, 0) is 31.9 Å². The number of carbonyl (C=O) groups excluding carboxylic acids is 3. The largest absolute Gasteiger partial charge is 0.465 e. The molecule has 0 radical (unpaired) electrons. The van der Waals surface area contributed by atoms with Gasteiger partial charge in [-0.25, -0.2) is 9.59 Å². The van der Waals surface area contributed by atoms with Gasteiger partial charge in [0.1, 0.15) is 5.69 Å². The van der Waals surface area contributed by atoms with Gasteiger partial charge >= 0.3 is 11.9 Å². The third-order valence-electron chi connectivity index (χ3n) is 4.04. The lowest BCUT2D eigenvalue weighted by molar-refractivity contribution is -0.124. The molecular formula is C19H22N2O5. The second-order valence-corrected chi connectivity index (χ2v) is 5.89. The normalized spacial score (nSPS) is 11.5. The van der Waals surface area contributed by atoms with E-state index in [4.69, 9.17) is 9.47 Å². The van der Waals surface area contributed by atoms with Crippen LogP contribution in [0.15, 0.2) is 30.3 Å². The number of methoxy groups -OCH3 is 1. The number of amides is 1. The van der Waals surface area contributed by atoms with E-state index in [1.807, 2.05) is 37.3 Å². The van der Waals surface area contributed by atoms with Crippen LogP contribution in [0.2, 0.25) is 0 Å². The summed E-state index contributed by atoms with van der Waals surface area (Å²) in [6.07, 6.45) is 0. The van der Waals surface area contributed by atoms with E-state index in [1.54, 1.807) is 13.8 Å². The average molecular weight is 358 g/mol. The summed E-state index contributed by atoms with van der Waals surface area (Å²) in [6.45, 7) is 4.70. The molecule has 1 aromatic carbocycles. The van der Waals surface area contributed by atoms with Crippen LogP contribution in [0.4, 0.5) is 0 Å². The zero-order chi connectivity index (χ0) is 19.3. The number of aromatic amines is 1. The van der Waals surface area contributed by atoms with Crippen molar-refractivity contribution in [1.29, 1.82) is 0 Å². The molecule has 0 bridgehead atoms. The minimum atomic E-state index is -0.705. The quantitative estimate of drug-likeness (QED) is 0.773. The molecule has 2 rings (SSSR count). The molecule has 0 aliphatic rings. The van der Waals surface area contributed by atoms with Crippen molar-refractivity contribution in [2.45, 2.75) is 26.8 Å². The predicted octanol–water partition coefficient (Wildman–Crippen LogP) is 2.45. The van der Waals surface area contributed by atoms with Crippen molar-refractivity contribution in [3.05, 3.63) is 58.4 Å². The maximum Gasteiger partial charge on any atom is 0.355 e. The molecule has 0 saturated carbocycles. The first-order valence-electron chi connectivity index (χ1n) is 8.14. The van der Waals surface area contributed by atoms with Crippen LogP contribution >= 0.6 is 0 Å².